The number of carbonyl (C=O) groups is 1. The van der Waals surface area contributed by atoms with Gasteiger partial charge >= 0.3 is 0 Å². The first-order valence-corrected chi connectivity index (χ1v) is 7.18. The van der Waals surface area contributed by atoms with E-state index in [4.69, 9.17) is 4.74 Å². The molecule has 0 unspecified atom stereocenters. The Hall–Kier alpha value is -2.36. The molecule has 0 saturated carbocycles. The van der Waals surface area contributed by atoms with Crippen molar-refractivity contribution < 1.29 is 13.9 Å². The highest BCUT2D eigenvalue weighted by Gasteiger charge is 2.12. The van der Waals surface area contributed by atoms with Crippen molar-refractivity contribution in [1.82, 2.24) is 5.32 Å². The molecule has 22 heavy (non-hydrogen) atoms. The molecule has 2 rings (SSSR count). The van der Waals surface area contributed by atoms with Gasteiger partial charge in [-0.1, -0.05) is 35.9 Å². The fraction of sp³-hybridized carbons (Fsp3) is 0.278. The number of hydrogen-bond donors (Lipinski definition) is 1. The Morgan fingerprint density at radius 2 is 1.91 bits per heavy atom. The molecule has 0 fully saturated rings. The Morgan fingerprint density at radius 3 is 2.50 bits per heavy atom. The van der Waals surface area contributed by atoms with Crippen molar-refractivity contribution in [2.24, 2.45) is 0 Å². The maximum absolute atomic E-state index is 13.7. The molecule has 2 aromatic rings. The van der Waals surface area contributed by atoms with Crippen molar-refractivity contribution in [2.75, 3.05) is 7.11 Å². The van der Waals surface area contributed by atoms with Crippen LogP contribution in [0, 0.1) is 12.7 Å². The topological polar surface area (TPSA) is 38.3 Å². The lowest BCUT2D eigenvalue weighted by atomic mass is 10.1. The number of rotatable bonds is 5. The molecule has 0 spiro atoms. The summed E-state index contributed by atoms with van der Waals surface area (Å²) in [7, 11) is 1.42. The Labute approximate surface area is 130 Å². The lowest BCUT2D eigenvalue weighted by Gasteiger charge is -2.15. The Balaban J connectivity index is 1.98. The minimum atomic E-state index is -0.431. The van der Waals surface area contributed by atoms with Crippen molar-refractivity contribution in [3.05, 3.63) is 65.0 Å². The fourth-order valence-electron chi connectivity index (χ4n) is 2.22. The standard InChI is InChI=1S/C18H20FNO2/c1-12-4-6-14(7-5-12)10-18(21)20-13(2)15-8-9-17(22-3)16(19)11-15/h4-9,11,13H,10H2,1-3H3,(H,20,21)/t13-/m0/s1. The van der Waals surface area contributed by atoms with E-state index in [0.29, 0.717) is 12.0 Å². The summed E-state index contributed by atoms with van der Waals surface area (Å²) in [6, 6.07) is 12.3. The zero-order valence-corrected chi connectivity index (χ0v) is 13.0. The predicted octanol–water partition coefficient (Wildman–Crippen LogP) is 3.56. The fourth-order valence-corrected chi connectivity index (χ4v) is 2.22. The van der Waals surface area contributed by atoms with Crippen LogP contribution in [0.3, 0.4) is 0 Å². The van der Waals surface area contributed by atoms with E-state index < -0.39 is 5.82 Å². The van der Waals surface area contributed by atoms with Crippen LogP contribution in [-0.2, 0) is 11.2 Å². The number of benzene rings is 2. The molecule has 0 aliphatic rings. The Bertz CT molecular complexity index is 653. The summed E-state index contributed by atoms with van der Waals surface area (Å²) in [5, 5.41) is 2.88. The first-order valence-electron chi connectivity index (χ1n) is 7.18. The molecule has 2 aromatic carbocycles. The lowest BCUT2D eigenvalue weighted by molar-refractivity contribution is -0.121. The maximum atomic E-state index is 13.7. The second-order valence-electron chi connectivity index (χ2n) is 5.35. The molecule has 4 heteroatoms. The van der Waals surface area contributed by atoms with Gasteiger partial charge in [0.2, 0.25) is 5.91 Å². The molecule has 0 bridgehead atoms. The van der Waals surface area contributed by atoms with Gasteiger partial charge in [0, 0.05) is 0 Å². The SMILES string of the molecule is COc1ccc([C@H](C)NC(=O)Cc2ccc(C)cc2)cc1F. The molecule has 1 N–H and O–H groups in total. The van der Waals surface area contributed by atoms with E-state index in [0.717, 1.165) is 11.1 Å². The van der Waals surface area contributed by atoms with Gasteiger partial charge in [-0.2, -0.15) is 0 Å². The van der Waals surface area contributed by atoms with Crippen LogP contribution in [0.5, 0.6) is 5.75 Å². The highest BCUT2D eigenvalue weighted by molar-refractivity contribution is 5.79. The molecule has 0 aliphatic heterocycles. The second kappa shape index (κ2) is 7.07. The van der Waals surface area contributed by atoms with E-state index >= 15 is 0 Å². The zero-order valence-electron chi connectivity index (χ0n) is 13.0. The number of aryl methyl sites for hydroxylation is 1. The number of ether oxygens (including phenoxy) is 1. The van der Waals surface area contributed by atoms with Crippen molar-refractivity contribution in [3.63, 3.8) is 0 Å². The third kappa shape index (κ3) is 4.07. The monoisotopic (exact) mass is 301 g/mol. The molecular weight excluding hydrogens is 281 g/mol. The van der Waals surface area contributed by atoms with Crippen LogP contribution in [0.1, 0.15) is 29.7 Å². The Morgan fingerprint density at radius 1 is 1.23 bits per heavy atom. The van der Waals surface area contributed by atoms with Crippen molar-refractivity contribution in [3.8, 4) is 5.75 Å². The minimum absolute atomic E-state index is 0.0902. The first-order chi connectivity index (χ1) is 10.5. The molecule has 3 nitrogen and oxygen atoms in total. The number of carbonyl (C=O) groups excluding carboxylic acids is 1. The second-order valence-corrected chi connectivity index (χ2v) is 5.35. The molecule has 0 aromatic heterocycles. The van der Waals surface area contributed by atoms with Crippen LogP contribution in [0.15, 0.2) is 42.5 Å². The van der Waals surface area contributed by atoms with Crippen LogP contribution in [-0.4, -0.2) is 13.0 Å². The van der Waals surface area contributed by atoms with Gasteiger partial charge in [-0.3, -0.25) is 4.79 Å². The third-order valence-corrected chi connectivity index (χ3v) is 3.54. The molecule has 0 aliphatic carbocycles. The molecule has 116 valence electrons. The van der Waals surface area contributed by atoms with Gasteiger partial charge < -0.3 is 10.1 Å². The highest BCUT2D eigenvalue weighted by atomic mass is 19.1. The number of halogens is 1. The van der Waals surface area contributed by atoms with Gasteiger partial charge in [0.1, 0.15) is 0 Å². The molecule has 0 heterocycles. The predicted molar refractivity (Wildman–Crippen MR) is 84.4 cm³/mol. The van der Waals surface area contributed by atoms with Gasteiger partial charge in [0.25, 0.3) is 0 Å². The van der Waals surface area contributed by atoms with Crippen LogP contribution < -0.4 is 10.1 Å². The van der Waals surface area contributed by atoms with Crippen LogP contribution >= 0.6 is 0 Å². The summed E-state index contributed by atoms with van der Waals surface area (Å²) in [5.74, 6) is -0.325. The zero-order chi connectivity index (χ0) is 16.1. The van der Waals surface area contributed by atoms with Crippen LogP contribution in [0.4, 0.5) is 4.39 Å². The first kappa shape index (κ1) is 16.0. The van der Waals surface area contributed by atoms with E-state index in [1.807, 2.05) is 38.1 Å². The van der Waals surface area contributed by atoms with Crippen molar-refractivity contribution in [1.29, 1.82) is 0 Å². The number of hydrogen-bond acceptors (Lipinski definition) is 2. The van der Waals surface area contributed by atoms with Crippen molar-refractivity contribution in [2.45, 2.75) is 26.3 Å². The van der Waals surface area contributed by atoms with Gasteiger partial charge in [-0.15, -0.1) is 0 Å². The summed E-state index contributed by atoms with van der Waals surface area (Å²) in [6.45, 7) is 3.83. The maximum Gasteiger partial charge on any atom is 0.224 e. The van der Waals surface area contributed by atoms with Crippen LogP contribution in [0.2, 0.25) is 0 Å². The van der Waals surface area contributed by atoms with E-state index in [2.05, 4.69) is 5.32 Å². The van der Waals surface area contributed by atoms with Gasteiger partial charge in [-0.25, -0.2) is 4.39 Å². The van der Waals surface area contributed by atoms with Crippen LogP contribution in [0.25, 0.3) is 0 Å². The molecular formula is C18H20FNO2. The van der Waals surface area contributed by atoms with E-state index in [-0.39, 0.29) is 17.7 Å². The van der Waals surface area contributed by atoms with E-state index in [9.17, 15) is 9.18 Å². The van der Waals surface area contributed by atoms with E-state index in [1.54, 1.807) is 12.1 Å². The molecule has 1 amide bonds. The van der Waals surface area contributed by atoms with Crippen molar-refractivity contribution >= 4 is 5.91 Å². The van der Waals surface area contributed by atoms with E-state index in [1.165, 1.54) is 13.2 Å². The Kier molecular flexibility index (Phi) is 5.15. The van der Waals surface area contributed by atoms with Gasteiger partial charge in [0.05, 0.1) is 19.6 Å². The molecule has 0 radical (unpaired) electrons. The van der Waals surface area contributed by atoms with Gasteiger partial charge in [0.15, 0.2) is 11.6 Å². The largest absolute Gasteiger partial charge is 0.494 e. The summed E-state index contributed by atoms with van der Waals surface area (Å²) < 4.78 is 18.6. The number of amides is 1. The smallest absolute Gasteiger partial charge is 0.224 e. The lowest BCUT2D eigenvalue weighted by Crippen LogP contribution is -2.28. The summed E-state index contributed by atoms with van der Waals surface area (Å²) in [4.78, 5) is 12.1. The average Bonchev–Trinajstić information content (AvgIpc) is 2.49. The summed E-state index contributed by atoms with van der Waals surface area (Å²) >= 11 is 0. The molecule has 1 atom stereocenters. The summed E-state index contributed by atoms with van der Waals surface area (Å²) in [5.41, 5.74) is 2.82. The number of methoxy groups -OCH3 is 1. The quantitative estimate of drug-likeness (QED) is 0.917. The molecule has 0 saturated heterocycles. The highest BCUT2D eigenvalue weighted by Crippen LogP contribution is 2.21. The normalized spacial score (nSPS) is 11.8. The summed E-state index contributed by atoms with van der Waals surface area (Å²) in [6.07, 6.45) is 0.309. The number of nitrogens with one attached hydrogen (secondary N) is 1. The third-order valence-electron chi connectivity index (χ3n) is 3.54. The van der Waals surface area contributed by atoms with Gasteiger partial charge in [-0.05, 0) is 37.1 Å². The minimum Gasteiger partial charge on any atom is -0.494 e. The average molecular weight is 301 g/mol.